The van der Waals surface area contributed by atoms with Crippen LogP contribution in [0.3, 0.4) is 0 Å². The summed E-state index contributed by atoms with van der Waals surface area (Å²) in [6, 6.07) is 7.61. The van der Waals surface area contributed by atoms with E-state index in [1.54, 1.807) is 17.4 Å². The van der Waals surface area contributed by atoms with E-state index < -0.39 is 0 Å². The number of nitrogens with two attached hydrogens (primary N) is 1. The second-order valence-corrected chi connectivity index (χ2v) is 8.77. The first kappa shape index (κ1) is 23.0. The van der Waals surface area contributed by atoms with Crippen molar-refractivity contribution < 1.29 is 14.3 Å². The zero-order valence-corrected chi connectivity index (χ0v) is 18.7. The number of ether oxygens (including phenoxy) is 1. The van der Waals surface area contributed by atoms with Crippen LogP contribution in [0.4, 0.5) is 0 Å². The maximum Gasteiger partial charge on any atom is 0.244 e. The molecule has 1 aliphatic rings. The van der Waals surface area contributed by atoms with Crippen molar-refractivity contribution in [2.24, 2.45) is 11.7 Å². The molecule has 7 nitrogen and oxygen atoms in total. The Balaban J connectivity index is 1.41. The molecule has 1 aromatic heterocycles. The number of nitrogens with one attached hydrogen (secondary N) is 1. The van der Waals surface area contributed by atoms with E-state index >= 15 is 0 Å². The van der Waals surface area contributed by atoms with Gasteiger partial charge in [-0.25, -0.2) is 4.98 Å². The van der Waals surface area contributed by atoms with Crippen molar-refractivity contribution >= 4 is 29.2 Å². The van der Waals surface area contributed by atoms with E-state index in [0.29, 0.717) is 18.9 Å². The molecule has 0 saturated carbocycles. The molecule has 2 amide bonds. The molecule has 1 fully saturated rings. The predicted molar refractivity (Wildman–Crippen MR) is 123 cm³/mol. The summed E-state index contributed by atoms with van der Waals surface area (Å²) in [4.78, 5) is 30.2. The van der Waals surface area contributed by atoms with E-state index in [0.717, 1.165) is 55.2 Å². The number of amides is 2. The van der Waals surface area contributed by atoms with Crippen LogP contribution in [0.2, 0.25) is 0 Å². The van der Waals surface area contributed by atoms with Gasteiger partial charge in [-0.05, 0) is 51.4 Å². The number of primary amides is 1. The number of carbonyl (C=O) groups excluding carboxylic acids is 2. The molecule has 1 unspecified atom stereocenters. The molecule has 1 atom stereocenters. The summed E-state index contributed by atoms with van der Waals surface area (Å²) < 4.78 is 5.88. The second kappa shape index (κ2) is 11.6. The highest BCUT2D eigenvalue weighted by Gasteiger charge is 2.23. The van der Waals surface area contributed by atoms with Crippen LogP contribution >= 0.6 is 11.3 Å². The monoisotopic (exact) mass is 442 g/mol. The maximum atomic E-state index is 12.2. The van der Waals surface area contributed by atoms with Gasteiger partial charge in [0.05, 0.1) is 16.6 Å². The number of para-hydroxylation sites is 1. The number of nitrogens with zero attached hydrogens (tertiary/aromatic N) is 2. The first-order chi connectivity index (χ1) is 15.0. The Kier molecular flexibility index (Phi) is 8.61. The SMILES string of the molecule is Cc1nc(COc2ccccc2/C=C/C(=O)NCCCN2CCCC(C(N)=O)C2)cs1. The van der Waals surface area contributed by atoms with Gasteiger partial charge in [-0.3, -0.25) is 9.59 Å². The molecule has 8 heteroatoms. The molecule has 0 spiro atoms. The quantitative estimate of drug-likeness (QED) is 0.436. The topological polar surface area (TPSA) is 97.6 Å². The van der Waals surface area contributed by atoms with Crippen LogP contribution in [0.15, 0.2) is 35.7 Å². The Hall–Kier alpha value is -2.71. The highest BCUT2D eigenvalue weighted by molar-refractivity contribution is 7.09. The van der Waals surface area contributed by atoms with Gasteiger partial charge in [0.25, 0.3) is 0 Å². The molecule has 2 aromatic rings. The fourth-order valence-electron chi connectivity index (χ4n) is 3.61. The Labute approximate surface area is 187 Å². The number of hydrogen-bond donors (Lipinski definition) is 2. The number of likely N-dealkylation sites (tertiary alicyclic amines) is 1. The molecule has 3 N–H and O–H groups in total. The number of aromatic nitrogens is 1. The van der Waals surface area contributed by atoms with Crippen LogP contribution in [0.1, 0.15) is 35.5 Å². The van der Waals surface area contributed by atoms with Gasteiger partial charge >= 0.3 is 0 Å². The maximum absolute atomic E-state index is 12.2. The highest BCUT2D eigenvalue weighted by atomic mass is 32.1. The first-order valence-electron chi connectivity index (χ1n) is 10.6. The van der Waals surface area contributed by atoms with Crippen molar-refractivity contribution in [3.63, 3.8) is 0 Å². The van der Waals surface area contributed by atoms with E-state index in [4.69, 9.17) is 10.5 Å². The van der Waals surface area contributed by atoms with Crippen molar-refractivity contribution in [2.75, 3.05) is 26.2 Å². The molecule has 2 heterocycles. The Morgan fingerprint density at radius 3 is 3.00 bits per heavy atom. The van der Waals surface area contributed by atoms with Gasteiger partial charge in [0.15, 0.2) is 0 Å². The summed E-state index contributed by atoms with van der Waals surface area (Å²) in [5, 5.41) is 5.91. The largest absolute Gasteiger partial charge is 0.487 e. The third kappa shape index (κ3) is 7.48. The highest BCUT2D eigenvalue weighted by Crippen LogP contribution is 2.21. The summed E-state index contributed by atoms with van der Waals surface area (Å²) in [7, 11) is 0. The van der Waals surface area contributed by atoms with Crippen LogP contribution < -0.4 is 15.8 Å². The van der Waals surface area contributed by atoms with E-state index in [9.17, 15) is 9.59 Å². The van der Waals surface area contributed by atoms with Crippen molar-refractivity contribution in [3.8, 4) is 5.75 Å². The lowest BCUT2D eigenvalue weighted by molar-refractivity contribution is -0.123. The summed E-state index contributed by atoms with van der Waals surface area (Å²) in [5.41, 5.74) is 7.16. The zero-order chi connectivity index (χ0) is 22.1. The molecule has 1 aliphatic heterocycles. The molecule has 1 aromatic carbocycles. The minimum Gasteiger partial charge on any atom is -0.487 e. The second-order valence-electron chi connectivity index (χ2n) is 7.70. The Bertz CT molecular complexity index is 912. The molecule has 0 radical (unpaired) electrons. The average molecular weight is 443 g/mol. The lowest BCUT2D eigenvalue weighted by Gasteiger charge is -2.31. The third-order valence-corrected chi connectivity index (χ3v) is 6.06. The molecule has 0 aliphatic carbocycles. The van der Waals surface area contributed by atoms with Gasteiger partial charge in [0.2, 0.25) is 11.8 Å². The van der Waals surface area contributed by atoms with Gasteiger partial charge in [-0.2, -0.15) is 0 Å². The molecule has 166 valence electrons. The lowest BCUT2D eigenvalue weighted by Crippen LogP contribution is -2.42. The molecule has 3 rings (SSSR count). The summed E-state index contributed by atoms with van der Waals surface area (Å²) in [6.07, 6.45) is 5.99. The van der Waals surface area contributed by atoms with Crippen LogP contribution in [0.25, 0.3) is 6.08 Å². The van der Waals surface area contributed by atoms with Gasteiger partial charge in [-0.1, -0.05) is 18.2 Å². The van der Waals surface area contributed by atoms with Crippen LogP contribution in [-0.4, -0.2) is 47.9 Å². The third-order valence-electron chi connectivity index (χ3n) is 5.23. The lowest BCUT2D eigenvalue weighted by atomic mass is 9.97. The van der Waals surface area contributed by atoms with Crippen LogP contribution in [0.5, 0.6) is 5.75 Å². The Morgan fingerprint density at radius 2 is 2.23 bits per heavy atom. The van der Waals surface area contributed by atoms with Crippen molar-refractivity contribution in [1.29, 1.82) is 0 Å². The smallest absolute Gasteiger partial charge is 0.244 e. The Morgan fingerprint density at radius 1 is 1.39 bits per heavy atom. The normalized spacial score (nSPS) is 17.0. The molecular weight excluding hydrogens is 412 g/mol. The van der Waals surface area contributed by atoms with E-state index in [2.05, 4.69) is 15.2 Å². The van der Waals surface area contributed by atoms with Crippen molar-refractivity contribution in [3.05, 3.63) is 52.0 Å². The van der Waals surface area contributed by atoms with Gasteiger partial charge in [0, 0.05) is 30.1 Å². The van der Waals surface area contributed by atoms with E-state index in [-0.39, 0.29) is 17.7 Å². The number of aryl methyl sites for hydroxylation is 1. The van der Waals surface area contributed by atoms with Crippen LogP contribution in [-0.2, 0) is 16.2 Å². The fourth-order valence-corrected chi connectivity index (χ4v) is 4.20. The van der Waals surface area contributed by atoms with Crippen LogP contribution in [0, 0.1) is 12.8 Å². The average Bonchev–Trinajstić information content (AvgIpc) is 3.19. The standard InChI is InChI=1S/C23H30N4O3S/c1-17-26-20(16-31-17)15-30-21-8-3-2-6-18(21)9-10-22(28)25-11-5-13-27-12-4-7-19(14-27)23(24)29/h2-3,6,8-10,16,19H,4-5,7,11-15H2,1H3,(H2,24,29)(H,25,28)/b10-9+. The summed E-state index contributed by atoms with van der Waals surface area (Å²) in [5.74, 6) is 0.312. The van der Waals surface area contributed by atoms with Gasteiger partial charge in [0.1, 0.15) is 12.4 Å². The number of piperidine rings is 1. The number of carbonyl (C=O) groups is 2. The molecule has 1 saturated heterocycles. The number of hydrogen-bond acceptors (Lipinski definition) is 6. The van der Waals surface area contributed by atoms with Crippen molar-refractivity contribution in [1.82, 2.24) is 15.2 Å². The number of rotatable bonds is 10. The summed E-state index contributed by atoms with van der Waals surface area (Å²) in [6.45, 7) is 5.50. The molecule has 31 heavy (non-hydrogen) atoms. The number of thiazole rings is 1. The van der Waals surface area contributed by atoms with Gasteiger partial charge in [-0.15, -0.1) is 11.3 Å². The number of benzene rings is 1. The minimum absolute atomic E-state index is 0.0481. The predicted octanol–water partition coefficient (Wildman–Crippen LogP) is 2.75. The summed E-state index contributed by atoms with van der Waals surface area (Å²) >= 11 is 1.60. The fraction of sp³-hybridized carbons (Fsp3) is 0.435. The minimum atomic E-state index is -0.214. The zero-order valence-electron chi connectivity index (χ0n) is 17.9. The van der Waals surface area contributed by atoms with Gasteiger partial charge < -0.3 is 20.7 Å². The van der Waals surface area contributed by atoms with Crippen molar-refractivity contribution in [2.45, 2.75) is 32.8 Å². The van der Waals surface area contributed by atoms with E-state index in [1.165, 1.54) is 6.08 Å². The molecular formula is C23H30N4O3S. The molecule has 0 bridgehead atoms. The first-order valence-corrected chi connectivity index (χ1v) is 11.5. The van der Waals surface area contributed by atoms with E-state index in [1.807, 2.05) is 36.6 Å².